The molecule has 0 unspecified atom stereocenters. The Bertz CT molecular complexity index is 1050. The van der Waals surface area contributed by atoms with E-state index in [0.717, 1.165) is 5.56 Å². The molecule has 0 saturated heterocycles. The van der Waals surface area contributed by atoms with Crippen LogP contribution in [0.4, 0.5) is 0 Å². The standard InChI is InChI=1S/C20H22N4O3S/c1-13-7-6-10-21-18(13)24-19(26)15-8-4-5-9-16(15)23-20(24)28-12-17(25)22-14(2)11-27-3/h4-10,14H,11-12H2,1-3H3,(H,22,25)/t14-/m1/s1. The summed E-state index contributed by atoms with van der Waals surface area (Å²) in [5.74, 6) is 0.493. The maximum Gasteiger partial charge on any atom is 0.267 e. The van der Waals surface area contributed by atoms with Gasteiger partial charge in [0.2, 0.25) is 5.91 Å². The molecule has 0 spiro atoms. The van der Waals surface area contributed by atoms with Crippen molar-refractivity contribution >= 4 is 28.6 Å². The molecule has 0 radical (unpaired) electrons. The van der Waals surface area contributed by atoms with Crippen molar-refractivity contribution in [2.45, 2.75) is 25.0 Å². The van der Waals surface area contributed by atoms with E-state index in [1.165, 1.54) is 16.3 Å². The summed E-state index contributed by atoms with van der Waals surface area (Å²) in [6.07, 6.45) is 1.64. The predicted molar refractivity (Wildman–Crippen MR) is 110 cm³/mol. The number of ether oxygens (including phenoxy) is 1. The number of amides is 1. The number of pyridine rings is 1. The minimum absolute atomic E-state index is 0.0945. The Morgan fingerprint density at radius 3 is 2.82 bits per heavy atom. The van der Waals surface area contributed by atoms with Crippen molar-refractivity contribution in [3.8, 4) is 5.82 Å². The summed E-state index contributed by atoms with van der Waals surface area (Å²) in [5, 5.41) is 3.80. The summed E-state index contributed by atoms with van der Waals surface area (Å²) in [4.78, 5) is 34.4. The second-order valence-electron chi connectivity index (χ2n) is 6.41. The van der Waals surface area contributed by atoms with E-state index in [4.69, 9.17) is 4.74 Å². The Labute approximate surface area is 167 Å². The maximum atomic E-state index is 13.2. The van der Waals surface area contributed by atoms with E-state index in [0.29, 0.717) is 28.5 Å². The molecule has 1 N–H and O–H groups in total. The number of rotatable bonds is 7. The number of para-hydroxylation sites is 1. The summed E-state index contributed by atoms with van der Waals surface area (Å²) in [6.45, 7) is 4.19. The van der Waals surface area contributed by atoms with Crippen LogP contribution in [0.1, 0.15) is 12.5 Å². The van der Waals surface area contributed by atoms with Gasteiger partial charge in [0.1, 0.15) is 5.82 Å². The van der Waals surface area contributed by atoms with Crippen molar-refractivity contribution in [1.82, 2.24) is 19.9 Å². The molecule has 0 saturated carbocycles. The highest BCUT2D eigenvalue weighted by atomic mass is 32.2. The van der Waals surface area contributed by atoms with Gasteiger partial charge in [-0.15, -0.1) is 0 Å². The molecule has 7 nitrogen and oxygen atoms in total. The quantitative estimate of drug-likeness (QED) is 0.486. The van der Waals surface area contributed by atoms with Crippen molar-refractivity contribution in [3.05, 3.63) is 58.5 Å². The number of hydrogen-bond donors (Lipinski definition) is 1. The van der Waals surface area contributed by atoms with E-state index in [1.807, 2.05) is 32.0 Å². The number of benzene rings is 1. The molecule has 0 aliphatic carbocycles. The van der Waals surface area contributed by atoms with Gasteiger partial charge in [-0.2, -0.15) is 0 Å². The molecule has 28 heavy (non-hydrogen) atoms. The fourth-order valence-corrected chi connectivity index (χ4v) is 3.65. The number of thioether (sulfide) groups is 1. The molecule has 2 heterocycles. The van der Waals surface area contributed by atoms with Gasteiger partial charge in [-0.05, 0) is 37.6 Å². The molecule has 1 amide bonds. The van der Waals surface area contributed by atoms with E-state index < -0.39 is 0 Å². The van der Waals surface area contributed by atoms with Gasteiger partial charge >= 0.3 is 0 Å². The summed E-state index contributed by atoms with van der Waals surface area (Å²) in [7, 11) is 1.59. The average molecular weight is 398 g/mol. The van der Waals surface area contributed by atoms with Crippen LogP contribution in [-0.2, 0) is 9.53 Å². The number of methoxy groups -OCH3 is 1. The molecule has 0 aliphatic heterocycles. The van der Waals surface area contributed by atoms with Crippen molar-refractivity contribution in [2.24, 2.45) is 0 Å². The van der Waals surface area contributed by atoms with Gasteiger partial charge in [-0.25, -0.2) is 14.5 Å². The molecule has 2 aromatic heterocycles. The first-order chi connectivity index (χ1) is 13.5. The van der Waals surface area contributed by atoms with Crippen LogP contribution in [0.2, 0.25) is 0 Å². The summed E-state index contributed by atoms with van der Waals surface area (Å²) in [6, 6.07) is 10.8. The molecule has 3 aromatic rings. The SMILES string of the molecule is COC[C@@H](C)NC(=O)CSc1nc2ccccc2c(=O)n1-c1ncccc1C. The Kier molecular flexibility index (Phi) is 6.43. The lowest BCUT2D eigenvalue weighted by molar-refractivity contribution is -0.119. The smallest absolute Gasteiger partial charge is 0.267 e. The minimum atomic E-state index is -0.206. The molecule has 1 atom stereocenters. The van der Waals surface area contributed by atoms with Crippen LogP contribution in [0, 0.1) is 6.92 Å². The van der Waals surface area contributed by atoms with Crippen molar-refractivity contribution < 1.29 is 9.53 Å². The fourth-order valence-electron chi connectivity index (χ4n) is 2.85. The van der Waals surface area contributed by atoms with Crippen LogP contribution in [0.25, 0.3) is 16.7 Å². The molecule has 0 fully saturated rings. The molecule has 1 aromatic carbocycles. The van der Waals surface area contributed by atoms with Gasteiger partial charge < -0.3 is 10.1 Å². The summed E-state index contributed by atoms with van der Waals surface area (Å²) in [5.41, 5.74) is 1.23. The number of aryl methyl sites for hydroxylation is 1. The number of fused-ring (bicyclic) bond motifs is 1. The third kappa shape index (κ3) is 4.40. The van der Waals surface area contributed by atoms with Crippen molar-refractivity contribution in [2.75, 3.05) is 19.5 Å². The zero-order chi connectivity index (χ0) is 20.1. The number of carbonyl (C=O) groups excluding carboxylic acids is 1. The third-order valence-electron chi connectivity index (χ3n) is 4.09. The first-order valence-corrected chi connectivity index (χ1v) is 9.84. The lowest BCUT2D eigenvalue weighted by Gasteiger charge is -2.15. The second kappa shape index (κ2) is 8.99. The monoisotopic (exact) mass is 398 g/mol. The van der Waals surface area contributed by atoms with Crippen LogP contribution in [0.15, 0.2) is 52.5 Å². The van der Waals surface area contributed by atoms with E-state index in [2.05, 4.69) is 15.3 Å². The first kappa shape index (κ1) is 20.0. The molecule has 146 valence electrons. The number of aromatic nitrogens is 3. The molecule has 8 heteroatoms. The summed E-state index contributed by atoms with van der Waals surface area (Å²) < 4.78 is 6.51. The Morgan fingerprint density at radius 1 is 1.29 bits per heavy atom. The zero-order valence-electron chi connectivity index (χ0n) is 16.0. The van der Waals surface area contributed by atoms with Gasteiger partial charge in [0, 0.05) is 19.3 Å². The van der Waals surface area contributed by atoms with Gasteiger partial charge in [0.05, 0.1) is 23.3 Å². The van der Waals surface area contributed by atoms with Gasteiger partial charge in [0.25, 0.3) is 5.56 Å². The van der Waals surface area contributed by atoms with E-state index in [-0.39, 0.29) is 23.3 Å². The normalized spacial score (nSPS) is 12.1. The number of hydrogen-bond acceptors (Lipinski definition) is 6. The molecule has 0 aliphatic rings. The Morgan fingerprint density at radius 2 is 2.07 bits per heavy atom. The third-order valence-corrected chi connectivity index (χ3v) is 5.03. The Hall–Kier alpha value is -2.71. The predicted octanol–water partition coefficient (Wildman–Crippen LogP) is 2.33. The van der Waals surface area contributed by atoms with Crippen LogP contribution >= 0.6 is 11.8 Å². The number of carbonyl (C=O) groups is 1. The highest BCUT2D eigenvalue weighted by Gasteiger charge is 2.17. The second-order valence-corrected chi connectivity index (χ2v) is 7.35. The lowest BCUT2D eigenvalue weighted by atomic mass is 10.2. The minimum Gasteiger partial charge on any atom is -0.383 e. The van der Waals surface area contributed by atoms with Crippen LogP contribution in [-0.4, -0.2) is 46.0 Å². The zero-order valence-corrected chi connectivity index (χ0v) is 16.8. The van der Waals surface area contributed by atoms with Crippen molar-refractivity contribution in [3.63, 3.8) is 0 Å². The first-order valence-electron chi connectivity index (χ1n) is 8.86. The van der Waals surface area contributed by atoms with Crippen LogP contribution in [0.3, 0.4) is 0 Å². The van der Waals surface area contributed by atoms with E-state index >= 15 is 0 Å². The van der Waals surface area contributed by atoms with Crippen molar-refractivity contribution in [1.29, 1.82) is 0 Å². The molecule has 0 bridgehead atoms. The topological polar surface area (TPSA) is 86.1 Å². The van der Waals surface area contributed by atoms with E-state index in [1.54, 1.807) is 31.5 Å². The molecular weight excluding hydrogens is 376 g/mol. The van der Waals surface area contributed by atoms with Gasteiger partial charge in [-0.1, -0.05) is 30.0 Å². The fraction of sp³-hybridized carbons (Fsp3) is 0.300. The largest absolute Gasteiger partial charge is 0.383 e. The number of nitrogens with zero attached hydrogens (tertiary/aromatic N) is 3. The molecule has 3 rings (SSSR count). The Balaban J connectivity index is 1.99. The van der Waals surface area contributed by atoms with E-state index in [9.17, 15) is 9.59 Å². The average Bonchev–Trinajstić information content (AvgIpc) is 2.67. The highest BCUT2D eigenvalue weighted by Crippen LogP contribution is 2.21. The van der Waals surface area contributed by atoms with Crippen LogP contribution < -0.4 is 10.9 Å². The van der Waals surface area contributed by atoms with Crippen LogP contribution in [0.5, 0.6) is 0 Å². The van der Waals surface area contributed by atoms with Gasteiger partial charge in [-0.3, -0.25) is 9.59 Å². The highest BCUT2D eigenvalue weighted by molar-refractivity contribution is 7.99. The van der Waals surface area contributed by atoms with Gasteiger partial charge in [0.15, 0.2) is 5.16 Å². The molecular formula is C20H22N4O3S. The maximum absolute atomic E-state index is 13.2. The number of nitrogens with one attached hydrogen (secondary N) is 1. The lowest BCUT2D eigenvalue weighted by Crippen LogP contribution is -2.36. The summed E-state index contributed by atoms with van der Waals surface area (Å²) >= 11 is 1.21.